The standard InChI is InChI=1S/C25H24N4O4/c1-15-12-17(21(26-2)16-8-6-5-7-9-16)10-11-29(15)25(31)23(30)18-13-27-22-20(18)19(32-3)14-28-24(22)33-4/h5-9,13-15,27H,10-12H2,1,3-4H3. The zero-order valence-electron chi connectivity index (χ0n) is 18.7. The maximum absolute atomic E-state index is 13.2. The van der Waals surface area contributed by atoms with Crippen LogP contribution in [0.5, 0.6) is 11.6 Å². The van der Waals surface area contributed by atoms with Crippen molar-refractivity contribution in [1.82, 2.24) is 14.9 Å². The number of rotatable bonds is 5. The average Bonchev–Trinajstić information content (AvgIpc) is 3.29. The second-order valence-corrected chi connectivity index (χ2v) is 7.85. The number of nitrogens with zero attached hydrogens (tertiary/aromatic N) is 3. The summed E-state index contributed by atoms with van der Waals surface area (Å²) in [5.74, 6) is -0.513. The molecule has 1 aliphatic heterocycles. The topological polar surface area (TPSA) is 88.9 Å². The first kappa shape index (κ1) is 22.1. The lowest BCUT2D eigenvalue weighted by Crippen LogP contribution is -2.46. The highest BCUT2D eigenvalue weighted by Gasteiger charge is 2.33. The first-order valence-corrected chi connectivity index (χ1v) is 10.6. The Balaban J connectivity index is 1.61. The van der Waals surface area contributed by atoms with Crippen molar-refractivity contribution < 1.29 is 19.1 Å². The smallest absolute Gasteiger partial charge is 0.295 e. The zero-order chi connectivity index (χ0) is 23.5. The van der Waals surface area contributed by atoms with Crippen LogP contribution >= 0.6 is 0 Å². The molecule has 1 N–H and O–H groups in total. The minimum atomic E-state index is -0.624. The van der Waals surface area contributed by atoms with E-state index < -0.39 is 11.7 Å². The highest BCUT2D eigenvalue weighted by molar-refractivity contribution is 6.45. The summed E-state index contributed by atoms with van der Waals surface area (Å²) in [6, 6.07) is 9.34. The Morgan fingerprint density at radius 1 is 1.21 bits per heavy atom. The fourth-order valence-corrected chi connectivity index (χ4v) is 4.33. The van der Waals surface area contributed by atoms with Gasteiger partial charge in [-0.3, -0.25) is 9.59 Å². The fourth-order valence-electron chi connectivity index (χ4n) is 4.33. The number of carbonyl (C=O) groups excluding carboxylic acids is 2. The Labute approximate surface area is 191 Å². The predicted octanol–water partition coefficient (Wildman–Crippen LogP) is 4.10. The van der Waals surface area contributed by atoms with Crippen LogP contribution in [0.2, 0.25) is 0 Å². The molecule has 8 nitrogen and oxygen atoms in total. The number of carbonyl (C=O) groups is 2. The Morgan fingerprint density at radius 2 is 1.97 bits per heavy atom. The van der Waals surface area contributed by atoms with E-state index in [2.05, 4.69) is 14.8 Å². The number of pyridine rings is 1. The normalized spacial score (nSPS) is 17.4. The number of aromatic nitrogens is 2. The highest BCUT2D eigenvalue weighted by atomic mass is 16.5. The molecule has 8 heteroatoms. The van der Waals surface area contributed by atoms with Crippen molar-refractivity contribution in [2.24, 2.45) is 0 Å². The van der Waals surface area contributed by atoms with Crippen LogP contribution < -0.4 is 9.47 Å². The fraction of sp³-hybridized carbons (Fsp3) is 0.280. The van der Waals surface area contributed by atoms with Crippen LogP contribution in [-0.4, -0.2) is 53.4 Å². The van der Waals surface area contributed by atoms with E-state index in [-0.39, 0.29) is 11.6 Å². The summed E-state index contributed by atoms with van der Waals surface area (Å²) in [5, 5.41) is 0.465. The van der Waals surface area contributed by atoms with Crippen LogP contribution in [0.1, 0.15) is 35.7 Å². The summed E-state index contributed by atoms with van der Waals surface area (Å²) < 4.78 is 10.6. The molecule has 3 aromatic rings. The Morgan fingerprint density at radius 3 is 2.61 bits per heavy atom. The van der Waals surface area contributed by atoms with E-state index in [0.29, 0.717) is 47.6 Å². The lowest BCUT2D eigenvalue weighted by molar-refractivity contribution is -0.128. The van der Waals surface area contributed by atoms with Gasteiger partial charge in [-0.05, 0) is 25.3 Å². The van der Waals surface area contributed by atoms with Gasteiger partial charge in [0, 0.05) is 18.8 Å². The number of benzene rings is 1. The molecule has 1 aromatic carbocycles. The lowest BCUT2D eigenvalue weighted by Gasteiger charge is -2.35. The third-order valence-corrected chi connectivity index (χ3v) is 5.97. The van der Waals surface area contributed by atoms with E-state index in [9.17, 15) is 9.59 Å². The van der Waals surface area contributed by atoms with Crippen LogP contribution in [0.3, 0.4) is 0 Å². The number of ketones is 1. The first-order chi connectivity index (χ1) is 16.0. The van der Waals surface area contributed by atoms with Gasteiger partial charge in [0.05, 0.1) is 37.9 Å². The number of likely N-dealkylation sites (tertiary alicyclic amines) is 1. The van der Waals surface area contributed by atoms with Crippen LogP contribution in [0.4, 0.5) is 0 Å². The highest BCUT2D eigenvalue weighted by Crippen LogP contribution is 2.35. The average molecular weight is 444 g/mol. The molecule has 168 valence electrons. The van der Waals surface area contributed by atoms with Crippen molar-refractivity contribution in [3.63, 3.8) is 0 Å². The molecule has 3 heterocycles. The summed E-state index contributed by atoms with van der Waals surface area (Å²) in [7, 11) is 2.96. The van der Waals surface area contributed by atoms with Gasteiger partial charge in [-0.2, -0.15) is 0 Å². The number of ether oxygens (including phenoxy) is 2. The second kappa shape index (κ2) is 9.17. The van der Waals surface area contributed by atoms with Gasteiger partial charge in [0.15, 0.2) is 5.70 Å². The molecule has 1 amide bonds. The van der Waals surface area contributed by atoms with E-state index in [1.807, 2.05) is 37.3 Å². The summed E-state index contributed by atoms with van der Waals surface area (Å²) in [5.41, 5.74) is 3.22. The number of piperidine rings is 1. The summed E-state index contributed by atoms with van der Waals surface area (Å²) in [4.78, 5) is 38.9. The third-order valence-electron chi connectivity index (χ3n) is 5.97. The number of amides is 1. The number of hydrogen-bond donors (Lipinski definition) is 1. The van der Waals surface area contributed by atoms with E-state index in [4.69, 9.17) is 16.0 Å². The molecule has 1 atom stereocenters. The van der Waals surface area contributed by atoms with Crippen LogP contribution in [0.15, 0.2) is 48.3 Å². The largest absolute Gasteiger partial charge is 0.494 e. The monoisotopic (exact) mass is 444 g/mol. The third kappa shape index (κ3) is 3.94. The molecule has 2 aromatic heterocycles. The molecule has 1 saturated heterocycles. The number of aromatic amines is 1. The van der Waals surface area contributed by atoms with E-state index >= 15 is 0 Å². The minimum absolute atomic E-state index is 0.214. The molecule has 0 spiro atoms. The molecule has 1 unspecified atom stereocenters. The quantitative estimate of drug-likeness (QED) is 0.364. The number of methoxy groups -OCH3 is 2. The van der Waals surface area contributed by atoms with Gasteiger partial charge in [0.1, 0.15) is 11.3 Å². The lowest BCUT2D eigenvalue weighted by atomic mass is 9.93. The van der Waals surface area contributed by atoms with Crippen LogP contribution in [0.25, 0.3) is 21.4 Å². The van der Waals surface area contributed by atoms with E-state index in [1.165, 1.54) is 26.6 Å². The van der Waals surface area contributed by atoms with Gasteiger partial charge in [-0.25, -0.2) is 9.83 Å². The molecule has 0 radical (unpaired) electrons. The Hall–Kier alpha value is -4.12. The molecular formula is C25H24N4O4. The second-order valence-electron chi connectivity index (χ2n) is 7.85. The van der Waals surface area contributed by atoms with Gasteiger partial charge < -0.3 is 19.4 Å². The SMILES string of the molecule is [C-]#[N+]C(=C1CCN(C(=O)C(=O)c2c[nH]c3c(OC)ncc(OC)c23)C(C)C1)c1ccccc1. The van der Waals surface area contributed by atoms with Crippen molar-refractivity contribution in [3.05, 3.63) is 70.8 Å². The molecule has 1 fully saturated rings. The summed E-state index contributed by atoms with van der Waals surface area (Å²) >= 11 is 0. The zero-order valence-corrected chi connectivity index (χ0v) is 18.7. The minimum Gasteiger partial charge on any atom is -0.494 e. The number of H-pyrrole nitrogens is 1. The van der Waals surface area contributed by atoms with Crippen molar-refractivity contribution in [3.8, 4) is 11.6 Å². The van der Waals surface area contributed by atoms with Crippen molar-refractivity contribution in [2.75, 3.05) is 20.8 Å². The van der Waals surface area contributed by atoms with Crippen LogP contribution in [-0.2, 0) is 4.79 Å². The van der Waals surface area contributed by atoms with Gasteiger partial charge in [0.2, 0.25) is 5.88 Å². The molecule has 0 saturated carbocycles. The van der Waals surface area contributed by atoms with E-state index in [0.717, 1.165) is 11.1 Å². The maximum atomic E-state index is 13.2. The van der Waals surface area contributed by atoms with Gasteiger partial charge in [-0.15, -0.1) is 0 Å². The van der Waals surface area contributed by atoms with Crippen LogP contribution in [0, 0.1) is 6.57 Å². The molecule has 33 heavy (non-hydrogen) atoms. The number of hydrogen-bond acceptors (Lipinski definition) is 5. The van der Waals surface area contributed by atoms with Gasteiger partial charge in [0.25, 0.3) is 11.7 Å². The Bertz CT molecular complexity index is 1290. The van der Waals surface area contributed by atoms with Gasteiger partial charge >= 0.3 is 0 Å². The van der Waals surface area contributed by atoms with Gasteiger partial charge in [-0.1, -0.05) is 35.9 Å². The van der Waals surface area contributed by atoms with Crippen molar-refractivity contribution >= 4 is 28.3 Å². The molecule has 0 bridgehead atoms. The number of nitrogens with one attached hydrogen (secondary N) is 1. The first-order valence-electron chi connectivity index (χ1n) is 10.6. The number of fused-ring (bicyclic) bond motifs is 1. The summed E-state index contributed by atoms with van der Waals surface area (Å²) in [6.07, 6.45) is 4.04. The maximum Gasteiger partial charge on any atom is 0.295 e. The molecule has 0 aliphatic carbocycles. The Kier molecular flexibility index (Phi) is 6.13. The number of Topliss-reactive ketones (excluding diaryl/α,β-unsaturated/α-hetero) is 1. The molecular weight excluding hydrogens is 420 g/mol. The van der Waals surface area contributed by atoms with Crippen molar-refractivity contribution in [1.29, 1.82) is 0 Å². The summed E-state index contributed by atoms with van der Waals surface area (Å²) in [6.45, 7) is 9.92. The van der Waals surface area contributed by atoms with Crippen molar-refractivity contribution in [2.45, 2.75) is 25.8 Å². The van der Waals surface area contributed by atoms with E-state index in [1.54, 1.807) is 4.90 Å². The molecule has 4 rings (SSSR count). The molecule has 1 aliphatic rings. The predicted molar refractivity (Wildman–Crippen MR) is 124 cm³/mol.